The molecule has 6 amide bonds. The Kier molecular flexibility index (Phi) is 11.7. The Hall–Kier alpha value is -6.72. The minimum Gasteiger partial charge on any atom is -0.491 e. The smallest absolute Gasteiger partial charge is 0.273 e. The summed E-state index contributed by atoms with van der Waals surface area (Å²) in [5.41, 5.74) is 5.19. The zero-order valence-corrected chi connectivity index (χ0v) is 32.7. The number of nitrogens with zero attached hydrogens (tertiary/aromatic N) is 4. The number of ether oxygens (including phenoxy) is 2. The SMILES string of the molecule is Cc1cc(-c2nc(NC(=O)Cc3cccc(OCCOCCNc4cccc5c4C(=O)N(C4CCC(=O)NC4=O)C5=O)c3)sc2C)ccc1NC(=O)c1cncn1C. The van der Waals surface area contributed by atoms with Gasteiger partial charge in [-0.1, -0.05) is 24.3 Å². The molecule has 7 rings (SSSR count). The van der Waals surface area contributed by atoms with Gasteiger partial charge in [0.2, 0.25) is 17.7 Å². The molecule has 17 heteroatoms. The molecule has 2 aliphatic heterocycles. The molecule has 1 unspecified atom stereocenters. The molecular weight excluding hydrogens is 765 g/mol. The average Bonchev–Trinajstić information content (AvgIpc) is 3.86. The number of carbonyl (C=O) groups is 6. The van der Waals surface area contributed by atoms with E-state index in [9.17, 15) is 28.8 Å². The maximum Gasteiger partial charge on any atom is 0.273 e. The number of carbonyl (C=O) groups excluding carboxylic acids is 6. The Balaban J connectivity index is 0.846. The zero-order chi connectivity index (χ0) is 40.9. The first-order valence-corrected chi connectivity index (χ1v) is 19.3. The number of imide groups is 2. The molecule has 3 aromatic carbocycles. The maximum atomic E-state index is 13.3. The highest BCUT2D eigenvalue weighted by molar-refractivity contribution is 7.16. The molecule has 4 N–H and O–H groups in total. The Labute approximate surface area is 337 Å². The minimum absolute atomic E-state index is 0.0473. The zero-order valence-electron chi connectivity index (χ0n) is 31.9. The summed E-state index contributed by atoms with van der Waals surface area (Å²) in [6.45, 7) is 4.99. The Morgan fingerprint density at radius 1 is 0.948 bits per heavy atom. The number of hydrogen-bond acceptors (Lipinski definition) is 12. The van der Waals surface area contributed by atoms with Gasteiger partial charge in [-0.05, 0) is 67.8 Å². The first-order chi connectivity index (χ1) is 28.0. The van der Waals surface area contributed by atoms with E-state index in [0.717, 1.165) is 32.2 Å². The first kappa shape index (κ1) is 39.5. The molecule has 0 saturated carbocycles. The van der Waals surface area contributed by atoms with Crippen LogP contribution in [0.15, 0.2) is 73.2 Å². The number of imidazole rings is 1. The number of benzene rings is 3. The van der Waals surface area contributed by atoms with Crippen LogP contribution in [0.4, 0.5) is 16.5 Å². The third-order valence-electron chi connectivity index (χ3n) is 9.63. The van der Waals surface area contributed by atoms with Crippen molar-refractivity contribution in [3.05, 3.63) is 106 Å². The number of hydrogen-bond donors (Lipinski definition) is 4. The predicted octanol–water partition coefficient (Wildman–Crippen LogP) is 4.50. The lowest BCUT2D eigenvalue weighted by atomic mass is 10.0. The fourth-order valence-electron chi connectivity index (χ4n) is 6.77. The predicted molar refractivity (Wildman–Crippen MR) is 215 cm³/mol. The number of rotatable bonds is 15. The van der Waals surface area contributed by atoms with Crippen molar-refractivity contribution in [2.24, 2.45) is 7.05 Å². The Morgan fingerprint density at radius 2 is 1.78 bits per heavy atom. The lowest BCUT2D eigenvalue weighted by molar-refractivity contribution is -0.136. The van der Waals surface area contributed by atoms with E-state index in [2.05, 4.69) is 31.2 Å². The van der Waals surface area contributed by atoms with Gasteiger partial charge in [0.1, 0.15) is 24.1 Å². The highest BCUT2D eigenvalue weighted by Crippen LogP contribution is 2.34. The summed E-state index contributed by atoms with van der Waals surface area (Å²) in [4.78, 5) is 86.6. The van der Waals surface area contributed by atoms with E-state index >= 15 is 0 Å². The highest BCUT2D eigenvalue weighted by atomic mass is 32.1. The molecule has 58 heavy (non-hydrogen) atoms. The van der Waals surface area contributed by atoms with E-state index in [1.54, 1.807) is 48.3 Å². The quantitative estimate of drug-likeness (QED) is 0.0857. The third-order valence-corrected chi connectivity index (χ3v) is 10.5. The van der Waals surface area contributed by atoms with Crippen molar-refractivity contribution in [3.8, 4) is 17.0 Å². The van der Waals surface area contributed by atoms with Crippen molar-refractivity contribution in [2.75, 3.05) is 42.3 Å². The molecule has 298 valence electrons. The number of piperidine rings is 1. The second-order valence-electron chi connectivity index (χ2n) is 13.7. The molecule has 2 aliphatic rings. The maximum absolute atomic E-state index is 13.3. The van der Waals surface area contributed by atoms with Crippen LogP contribution in [0, 0.1) is 13.8 Å². The molecule has 5 aromatic rings. The topological polar surface area (TPSA) is 203 Å². The summed E-state index contributed by atoms with van der Waals surface area (Å²) in [5.74, 6) is -2.14. The van der Waals surface area contributed by atoms with Crippen molar-refractivity contribution < 1.29 is 38.2 Å². The van der Waals surface area contributed by atoms with Crippen molar-refractivity contribution in [2.45, 2.75) is 39.2 Å². The van der Waals surface area contributed by atoms with Crippen molar-refractivity contribution >= 4 is 63.3 Å². The number of thiazole rings is 1. The largest absolute Gasteiger partial charge is 0.491 e. The number of anilines is 3. The highest BCUT2D eigenvalue weighted by Gasteiger charge is 2.45. The number of aryl methyl sites for hydroxylation is 3. The minimum atomic E-state index is -1.04. The van der Waals surface area contributed by atoms with Crippen LogP contribution in [-0.4, -0.2) is 87.3 Å². The van der Waals surface area contributed by atoms with Crippen LogP contribution in [0.5, 0.6) is 5.75 Å². The van der Waals surface area contributed by atoms with Crippen LogP contribution in [0.2, 0.25) is 0 Å². The van der Waals surface area contributed by atoms with Crippen molar-refractivity contribution in [1.82, 2.24) is 24.8 Å². The Morgan fingerprint density at radius 3 is 2.55 bits per heavy atom. The van der Waals surface area contributed by atoms with Gasteiger partial charge in [-0.15, -0.1) is 11.3 Å². The summed E-state index contributed by atoms with van der Waals surface area (Å²) in [6, 6.07) is 16.7. The van der Waals surface area contributed by atoms with Gasteiger partial charge in [-0.3, -0.25) is 39.0 Å². The van der Waals surface area contributed by atoms with Gasteiger partial charge in [-0.2, -0.15) is 0 Å². The first-order valence-electron chi connectivity index (χ1n) is 18.5. The van der Waals surface area contributed by atoms with Gasteiger partial charge in [0, 0.05) is 41.8 Å². The van der Waals surface area contributed by atoms with Crippen LogP contribution in [0.25, 0.3) is 11.3 Å². The van der Waals surface area contributed by atoms with Gasteiger partial charge in [0.25, 0.3) is 17.7 Å². The molecule has 2 aromatic heterocycles. The molecule has 1 fully saturated rings. The number of aromatic nitrogens is 3. The normalized spacial score (nSPS) is 14.9. The van der Waals surface area contributed by atoms with E-state index in [1.807, 2.05) is 44.2 Å². The van der Waals surface area contributed by atoms with Crippen LogP contribution in [0.3, 0.4) is 0 Å². The van der Waals surface area contributed by atoms with Crippen molar-refractivity contribution in [3.63, 3.8) is 0 Å². The fourth-order valence-corrected chi connectivity index (χ4v) is 7.62. The van der Waals surface area contributed by atoms with Crippen molar-refractivity contribution in [1.29, 1.82) is 0 Å². The second-order valence-corrected chi connectivity index (χ2v) is 14.9. The second kappa shape index (κ2) is 17.2. The molecule has 0 bridgehead atoms. The monoisotopic (exact) mass is 804 g/mol. The fraction of sp³-hybridized carbons (Fsp3) is 0.268. The Bertz CT molecular complexity index is 2440. The number of fused-ring (bicyclic) bond motifs is 1. The molecule has 4 heterocycles. The van der Waals surface area contributed by atoms with E-state index in [4.69, 9.17) is 9.47 Å². The molecule has 0 aliphatic carbocycles. The van der Waals surface area contributed by atoms with Gasteiger partial charge >= 0.3 is 0 Å². The van der Waals surface area contributed by atoms with Crippen LogP contribution < -0.4 is 26.0 Å². The summed E-state index contributed by atoms with van der Waals surface area (Å²) in [5, 5.41) is 11.7. The average molecular weight is 805 g/mol. The lowest BCUT2D eigenvalue weighted by Gasteiger charge is -2.27. The van der Waals surface area contributed by atoms with Crippen LogP contribution >= 0.6 is 11.3 Å². The molecule has 1 atom stereocenters. The van der Waals surface area contributed by atoms with Gasteiger partial charge in [0.15, 0.2) is 5.13 Å². The van der Waals surface area contributed by atoms with Crippen LogP contribution in [-0.2, 0) is 32.6 Å². The third kappa shape index (κ3) is 8.64. The molecule has 0 spiro atoms. The van der Waals surface area contributed by atoms with Gasteiger partial charge in [0.05, 0.1) is 49.0 Å². The standard InChI is InChI=1S/C41H40N8O8S/c1-23-18-26(10-11-29(23)44-38(53)32-21-42-22-48(32)3)36-24(2)58-41(47-36)46-34(51)20-25-6-4-7-27(19-25)57-17-16-56-15-14-43-30-9-5-8-28-35(30)40(55)49(39(28)54)31-12-13-33(50)45-37(31)52/h4-11,18-19,21-22,31,43H,12-17,20H2,1-3H3,(H,44,53)(H,45,50,52)(H,46,47,51). The molecule has 1 saturated heterocycles. The van der Waals surface area contributed by atoms with E-state index in [0.29, 0.717) is 34.5 Å². The number of nitrogens with one attached hydrogen (secondary N) is 4. The van der Waals surface area contributed by atoms with Gasteiger partial charge in [-0.25, -0.2) is 9.97 Å². The van der Waals surface area contributed by atoms with E-state index in [1.165, 1.54) is 17.5 Å². The summed E-state index contributed by atoms with van der Waals surface area (Å²) in [7, 11) is 1.76. The van der Waals surface area contributed by atoms with E-state index < -0.39 is 29.7 Å². The van der Waals surface area contributed by atoms with Gasteiger partial charge < -0.3 is 30.0 Å². The number of amides is 6. The van der Waals surface area contributed by atoms with E-state index in [-0.39, 0.29) is 62.0 Å². The molecule has 16 nitrogen and oxygen atoms in total. The lowest BCUT2D eigenvalue weighted by Crippen LogP contribution is -2.54. The summed E-state index contributed by atoms with van der Waals surface area (Å²) in [6.07, 6.45) is 3.32. The molecular formula is C41H40N8O8S. The summed E-state index contributed by atoms with van der Waals surface area (Å²) < 4.78 is 13.2. The van der Waals surface area contributed by atoms with Crippen LogP contribution in [0.1, 0.15) is 60.1 Å². The summed E-state index contributed by atoms with van der Waals surface area (Å²) >= 11 is 1.38. The molecule has 0 radical (unpaired) electrons.